The number of hydrogen-bond acceptors (Lipinski definition) is 6. The van der Waals surface area contributed by atoms with Crippen molar-refractivity contribution in [3.8, 4) is 17.0 Å². The third kappa shape index (κ3) is 5.88. The lowest BCUT2D eigenvalue weighted by atomic mass is 9.87. The minimum Gasteiger partial charge on any atom is -0.493 e. The van der Waals surface area contributed by atoms with Gasteiger partial charge in [-0.2, -0.15) is 5.10 Å². The summed E-state index contributed by atoms with van der Waals surface area (Å²) in [5, 5.41) is 8.50. The van der Waals surface area contributed by atoms with E-state index in [9.17, 15) is 4.79 Å². The third-order valence-corrected chi connectivity index (χ3v) is 7.45. The maximum Gasteiger partial charge on any atom is 0.407 e. The molecule has 5 rings (SSSR count). The lowest BCUT2D eigenvalue weighted by molar-refractivity contribution is 0.0520. The van der Waals surface area contributed by atoms with Gasteiger partial charge in [-0.15, -0.1) is 0 Å². The Morgan fingerprint density at radius 1 is 1.21 bits per heavy atom. The van der Waals surface area contributed by atoms with E-state index >= 15 is 0 Å². The molecule has 0 spiro atoms. The molecule has 9 nitrogen and oxygen atoms in total. The number of likely N-dealkylation sites (tertiary alicyclic amines) is 1. The highest BCUT2D eigenvalue weighted by molar-refractivity contribution is 5.92. The van der Waals surface area contributed by atoms with Gasteiger partial charge in [-0.25, -0.2) is 14.3 Å². The molecule has 1 amide bonds. The molecular formula is C30H40N6O3. The number of carbonyl (C=O) groups excluding carboxylic acids is 1. The van der Waals surface area contributed by atoms with Gasteiger partial charge in [0.1, 0.15) is 11.9 Å². The van der Waals surface area contributed by atoms with Crippen molar-refractivity contribution >= 4 is 22.6 Å². The summed E-state index contributed by atoms with van der Waals surface area (Å²) in [5.41, 5.74) is 6.19. The maximum atomic E-state index is 11.9. The average Bonchev–Trinajstić information content (AvgIpc) is 3.52. The van der Waals surface area contributed by atoms with Crippen molar-refractivity contribution in [2.75, 3.05) is 33.3 Å². The van der Waals surface area contributed by atoms with Crippen LogP contribution in [-0.2, 0) is 4.74 Å². The van der Waals surface area contributed by atoms with Crippen LogP contribution in [0.5, 0.6) is 5.75 Å². The molecule has 1 fully saturated rings. The molecule has 3 aromatic heterocycles. The molecule has 0 saturated carbocycles. The van der Waals surface area contributed by atoms with Gasteiger partial charge < -0.3 is 24.7 Å². The summed E-state index contributed by atoms with van der Waals surface area (Å²) in [5.74, 6) is 1.56. The van der Waals surface area contributed by atoms with Gasteiger partial charge in [0.2, 0.25) is 0 Å². The number of methoxy groups -OCH3 is 1. The van der Waals surface area contributed by atoms with E-state index in [1.807, 2.05) is 33.0 Å². The number of piperidine rings is 1. The number of pyridine rings is 1. The van der Waals surface area contributed by atoms with Crippen molar-refractivity contribution in [1.29, 1.82) is 0 Å². The van der Waals surface area contributed by atoms with Crippen LogP contribution in [0.3, 0.4) is 0 Å². The Kier molecular flexibility index (Phi) is 7.53. The third-order valence-electron chi connectivity index (χ3n) is 7.45. The highest BCUT2D eigenvalue weighted by Gasteiger charge is 2.24. The van der Waals surface area contributed by atoms with Gasteiger partial charge in [0.15, 0.2) is 11.4 Å². The SMILES string of the molecule is COc1cc(-c2[nH]c3ccc(C4CCN(CCNC(=O)OC(C)(C)C)CC4)cc3c2C(C)C)cn2ncnc12. The first-order valence-electron chi connectivity index (χ1n) is 13.9. The number of aromatic amines is 1. The number of rotatable bonds is 7. The van der Waals surface area contributed by atoms with Crippen molar-refractivity contribution in [3.63, 3.8) is 0 Å². The Balaban J connectivity index is 1.31. The molecule has 1 saturated heterocycles. The van der Waals surface area contributed by atoms with Crippen LogP contribution < -0.4 is 10.1 Å². The lowest BCUT2D eigenvalue weighted by Crippen LogP contribution is -2.40. The topological polar surface area (TPSA) is 96.8 Å². The Bertz CT molecular complexity index is 1460. The molecule has 1 aromatic carbocycles. The zero-order valence-electron chi connectivity index (χ0n) is 23.9. The molecule has 2 N–H and O–H groups in total. The summed E-state index contributed by atoms with van der Waals surface area (Å²) >= 11 is 0. The van der Waals surface area contributed by atoms with E-state index < -0.39 is 5.60 Å². The van der Waals surface area contributed by atoms with E-state index in [1.165, 1.54) is 16.5 Å². The van der Waals surface area contributed by atoms with Crippen molar-refractivity contribution in [2.45, 2.75) is 64.9 Å². The fraction of sp³-hybridized carbons (Fsp3) is 0.500. The van der Waals surface area contributed by atoms with E-state index in [0.717, 1.165) is 49.2 Å². The number of carbonyl (C=O) groups is 1. The molecule has 208 valence electrons. The normalized spacial score (nSPS) is 15.4. The predicted molar refractivity (Wildman–Crippen MR) is 154 cm³/mol. The van der Waals surface area contributed by atoms with E-state index in [2.05, 4.69) is 57.3 Å². The van der Waals surface area contributed by atoms with Gasteiger partial charge in [0, 0.05) is 35.8 Å². The van der Waals surface area contributed by atoms with Gasteiger partial charge in [0.05, 0.1) is 12.8 Å². The van der Waals surface area contributed by atoms with Crippen LogP contribution in [0.25, 0.3) is 27.8 Å². The average molecular weight is 533 g/mol. The first-order valence-corrected chi connectivity index (χ1v) is 13.9. The van der Waals surface area contributed by atoms with Crippen molar-refractivity contribution in [2.24, 2.45) is 0 Å². The largest absolute Gasteiger partial charge is 0.493 e. The minimum atomic E-state index is -0.475. The molecule has 0 unspecified atom stereocenters. The van der Waals surface area contributed by atoms with Gasteiger partial charge in [-0.3, -0.25) is 0 Å². The summed E-state index contributed by atoms with van der Waals surface area (Å²) in [4.78, 5) is 22.3. The first kappa shape index (κ1) is 27.0. The number of fused-ring (bicyclic) bond motifs is 2. The molecule has 1 aliphatic rings. The zero-order valence-corrected chi connectivity index (χ0v) is 23.9. The summed E-state index contributed by atoms with van der Waals surface area (Å²) < 4.78 is 12.7. The smallest absolute Gasteiger partial charge is 0.407 e. The number of hydrogen-bond donors (Lipinski definition) is 2. The number of alkyl carbamates (subject to hydrolysis) is 1. The van der Waals surface area contributed by atoms with Crippen molar-refractivity contribution in [1.82, 2.24) is 29.8 Å². The Labute approximate surface area is 229 Å². The van der Waals surface area contributed by atoms with E-state index in [0.29, 0.717) is 29.8 Å². The van der Waals surface area contributed by atoms with Crippen LogP contribution in [-0.4, -0.2) is 69.5 Å². The van der Waals surface area contributed by atoms with E-state index in [1.54, 1.807) is 18.0 Å². The number of H-pyrrole nitrogens is 1. The summed E-state index contributed by atoms with van der Waals surface area (Å²) in [7, 11) is 1.66. The fourth-order valence-corrected chi connectivity index (χ4v) is 5.61. The molecule has 39 heavy (non-hydrogen) atoms. The Morgan fingerprint density at radius 3 is 2.67 bits per heavy atom. The van der Waals surface area contributed by atoms with Crippen LogP contribution in [0.1, 0.15) is 70.4 Å². The van der Waals surface area contributed by atoms with Crippen molar-refractivity contribution in [3.05, 3.63) is 47.9 Å². The quantitative estimate of drug-likeness (QED) is 0.316. The number of nitrogens with one attached hydrogen (secondary N) is 2. The van der Waals surface area contributed by atoms with Gasteiger partial charge in [-0.05, 0) is 87.9 Å². The first-order chi connectivity index (χ1) is 18.6. The lowest BCUT2D eigenvalue weighted by Gasteiger charge is -2.32. The van der Waals surface area contributed by atoms with E-state index in [4.69, 9.17) is 9.47 Å². The van der Waals surface area contributed by atoms with Gasteiger partial charge >= 0.3 is 6.09 Å². The molecule has 0 aliphatic carbocycles. The number of benzene rings is 1. The molecule has 0 bridgehead atoms. The van der Waals surface area contributed by atoms with Crippen molar-refractivity contribution < 1.29 is 14.3 Å². The Hall–Kier alpha value is -3.59. The molecule has 9 heteroatoms. The number of ether oxygens (including phenoxy) is 2. The number of amides is 1. The molecule has 4 aromatic rings. The zero-order chi connectivity index (χ0) is 27.7. The van der Waals surface area contributed by atoms with Crippen LogP contribution in [0.2, 0.25) is 0 Å². The second-order valence-corrected chi connectivity index (χ2v) is 11.7. The molecule has 0 atom stereocenters. The molecule has 0 radical (unpaired) electrons. The van der Waals surface area contributed by atoms with E-state index in [-0.39, 0.29) is 6.09 Å². The highest BCUT2D eigenvalue weighted by Crippen LogP contribution is 2.39. The highest BCUT2D eigenvalue weighted by atomic mass is 16.6. The second kappa shape index (κ2) is 10.9. The predicted octanol–water partition coefficient (Wildman–Crippen LogP) is 5.71. The molecular weight excluding hydrogens is 492 g/mol. The number of aromatic nitrogens is 4. The van der Waals surface area contributed by atoms with Crippen LogP contribution >= 0.6 is 0 Å². The van der Waals surface area contributed by atoms with Crippen LogP contribution in [0, 0.1) is 0 Å². The molecule has 4 heterocycles. The summed E-state index contributed by atoms with van der Waals surface area (Å²) in [6.07, 6.45) is 5.41. The standard InChI is InChI=1S/C30H40N6O3/c1-19(2)26-23-15-21(20-9-12-35(13-10-20)14-11-31-29(37)39-30(3,4)5)7-8-24(23)34-27(26)22-16-25(38-6)28-32-18-33-36(28)17-22/h7-8,15-20,34H,9-14H2,1-6H3,(H,31,37). The second-order valence-electron chi connectivity index (χ2n) is 11.7. The maximum absolute atomic E-state index is 11.9. The summed E-state index contributed by atoms with van der Waals surface area (Å²) in [6.45, 7) is 13.6. The van der Waals surface area contributed by atoms with Gasteiger partial charge in [0.25, 0.3) is 0 Å². The summed E-state index contributed by atoms with van der Waals surface area (Å²) in [6, 6.07) is 8.93. The number of nitrogens with zero attached hydrogens (tertiary/aromatic N) is 4. The monoisotopic (exact) mass is 532 g/mol. The van der Waals surface area contributed by atoms with Gasteiger partial charge in [-0.1, -0.05) is 19.9 Å². The van der Waals surface area contributed by atoms with Crippen LogP contribution in [0.4, 0.5) is 4.79 Å². The minimum absolute atomic E-state index is 0.334. The molecule has 1 aliphatic heterocycles. The Morgan fingerprint density at radius 2 is 1.97 bits per heavy atom. The fourth-order valence-electron chi connectivity index (χ4n) is 5.61. The van der Waals surface area contributed by atoms with Crippen LogP contribution in [0.15, 0.2) is 36.8 Å².